The fraction of sp³-hybridized carbons (Fsp3) is 0.947. The van der Waals surface area contributed by atoms with Crippen LogP contribution in [0.4, 0.5) is 0 Å². The van der Waals surface area contributed by atoms with Crippen LogP contribution in [-0.4, -0.2) is 30.7 Å². The molecule has 0 aliphatic heterocycles. The molecule has 0 N–H and O–H groups in total. The van der Waals surface area contributed by atoms with Gasteiger partial charge in [0.2, 0.25) is 0 Å². The molecule has 0 saturated carbocycles. The molecule has 0 aliphatic carbocycles. The Kier molecular flexibility index (Phi) is 12.6. The summed E-state index contributed by atoms with van der Waals surface area (Å²) in [4.78, 5) is 13.5. The first-order chi connectivity index (χ1) is 10.5. The second-order valence-corrected chi connectivity index (χ2v) is 6.76. The molecule has 0 spiro atoms. The lowest BCUT2D eigenvalue weighted by Crippen LogP contribution is -2.47. The van der Waals surface area contributed by atoms with Crippen LogP contribution >= 0.6 is 0 Å². The standard InChI is InChI=1S/C19H39NO2/c1-6-8-9-10-11-12-13-14-15-17-19(16-7-2,20(4)5)22-18(3)21/h6-17H2,1-5H3. The summed E-state index contributed by atoms with van der Waals surface area (Å²) in [6.07, 6.45) is 14.8. The monoisotopic (exact) mass is 313 g/mol. The van der Waals surface area contributed by atoms with Gasteiger partial charge in [-0.15, -0.1) is 0 Å². The molecule has 0 aromatic rings. The zero-order valence-electron chi connectivity index (χ0n) is 15.7. The minimum Gasteiger partial charge on any atom is -0.444 e. The Hall–Kier alpha value is -0.570. The lowest BCUT2D eigenvalue weighted by molar-refractivity contribution is -0.181. The zero-order valence-corrected chi connectivity index (χ0v) is 15.7. The topological polar surface area (TPSA) is 29.5 Å². The minimum atomic E-state index is -0.401. The van der Waals surface area contributed by atoms with E-state index >= 15 is 0 Å². The second kappa shape index (κ2) is 12.9. The molecule has 3 heteroatoms. The molecular weight excluding hydrogens is 274 g/mol. The van der Waals surface area contributed by atoms with Crippen LogP contribution in [-0.2, 0) is 9.53 Å². The van der Waals surface area contributed by atoms with E-state index in [9.17, 15) is 4.79 Å². The highest BCUT2D eigenvalue weighted by molar-refractivity contribution is 5.66. The van der Waals surface area contributed by atoms with Crippen molar-refractivity contribution in [2.24, 2.45) is 0 Å². The summed E-state index contributed by atoms with van der Waals surface area (Å²) >= 11 is 0. The first-order valence-corrected chi connectivity index (χ1v) is 9.35. The third kappa shape index (κ3) is 9.45. The van der Waals surface area contributed by atoms with E-state index < -0.39 is 5.72 Å². The number of rotatable bonds is 14. The maximum absolute atomic E-state index is 11.5. The zero-order chi connectivity index (χ0) is 16.8. The predicted molar refractivity (Wildman–Crippen MR) is 94.9 cm³/mol. The molecule has 0 radical (unpaired) electrons. The van der Waals surface area contributed by atoms with Crippen molar-refractivity contribution in [1.82, 2.24) is 4.90 Å². The molecule has 132 valence electrons. The van der Waals surface area contributed by atoms with Gasteiger partial charge in [0.1, 0.15) is 0 Å². The van der Waals surface area contributed by atoms with Gasteiger partial charge >= 0.3 is 5.97 Å². The summed E-state index contributed by atoms with van der Waals surface area (Å²) in [5, 5.41) is 0. The van der Waals surface area contributed by atoms with Crippen LogP contribution in [0.3, 0.4) is 0 Å². The van der Waals surface area contributed by atoms with Gasteiger partial charge in [-0.25, -0.2) is 0 Å². The quantitative estimate of drug-likeness (QED) is 0.240. The maximum atomic E-state index is 11.5. The fourth-order valence-electron chi connectivity index (χ4n) is 3.14. The summed E-state index contributed by atoms with van der Waals surface area (Å²) in [7, 11) is 4.04. The Morgan fingerprint density at radius 1 is 0.818 bits per heavy atom. The van der Waals surface area contributed by atoms with Crippen LogP contribution in [0.15, 0.2) is 0 Å². The van der Waals surface area contributed by atoms with Gasteiger partial charge in [0.15, 0.2) is 5.72 Å². The Morgan fingerprint density at radius 3 is 1.73 bits per heavy atom. The van der Waals surface area contributed by atoms with E-state index in [-0.39, 0.29) is 5.97 Å². The highest BCUT2D eigenvalue weighted by atomic mass is 16.6. The number of hydrogen-bond acceptors (Lipinski definition) is 3. The molecule has 0 aliphatic rings. The second-order valence-electron chi connectivity index (χ2n) is 6.76. The highest BCUT2D eigenvalue weighted by Gasteiger charge is 2.34. The van der Waals surface area contributed by atoms with Gasteiger partial charge in [0, 0.05) is 19.8 Å². The van der Waals surface area contributed by atoms with E-state index in [1.807, 2.05) is 14.1 Å². The summed E-state index contributed by atoms with van der Waals surface area (Å²) in [5.74, 6) is -0.168. The molecule has 0 rings (SSSR count). The molecule has 0 fully saturated rings. The van der Waals surface area contributed by atoms with E-state index in [1.54, 1.807) is 0 Å². The number of unbranched alkanes of at least 4 members (excludes halogenated alkanes) is 8. The SMILES string of the molecule is CCCCCCCCCCCC(CCC)(OC(C)=O)N(C)C. The molecule has 0 amide bonds. The van der Waals surface area contributed by atoms with Gasteiger partial charge in [-0.2, -0.15) is 0 Å². The summed E-state index contributed by atoms with van der Waals surface area (Å²) in [6.45, 7) is 5.93. The average Bonchev–Trinajstić information content (AvgIpc) is 2.44. The van der Waals surface area contributed by atoms with E-state index in [2.05, 4.69) is 18.7 Å². The number of nitrogens with zero attached hydrogens (tertiary/aromatic N) is 1. The summed E-state index contributed by atoms with van der Waals surface area (Å²) in [6, 6.07) is 0. The molecule has 0 aromatic heterocycles. The Bertz CT molecular complexity index is 279. The first kappa shape index (κ1) is 21.4. The van der Waals surface area contributed by atoms with E-state index in [0.29, 0.717) is 0 Å². The van der Waals surface area contributed by atoms with Crippen LogP contribution in [0.2, 0.25) is 0 Å². The van der Waals surface area contributed by atoms with Crippen molar-refractivity contribution in [1.29, 1.82) is 0 Å². The average molecular weight is 314 g/mol. The van der Waals surface area contributed by atoms with Gasteiger partial charge < -0.3 is 4.74 Å². The lowest BCUT2D eigenvalue weighted by atomic mass is 9.97. The Labute approximate surface area is 138 Å². The third-order valence-electron chi connectivity index (χ3n) is 4.46. The van der Waals surface area contributed by atoms with Crippen molar-refractivity contribution >= 4 is 5.97 Å². The van der Waals surface area contributed by atoms with Crippen LogP contribution in [0.25, 0.3) is 0 Å². The first-order valence-electron chi connectivity index (χ1n) is 9.35. The van der Waals surface area contributed by atoms with Gasteiger partial charge in [-0.05, 0) is 20.5 Å². The molecule has 0 aromatic carbocycles. The number of carbonyl (C=O) groups is 1. The van der Waals surface area contributed by atoms with Crippen molar-refractivity contribution in [2.75, 3.05) is 14.1 Å². The van der Waals surface area contributed by atoms with Gasteiger partial charge in [-0.3, -0.25) is 9.69 Å². The Morgan fingerprint density at radius 2 is 1.32 bits per heavy atom. The maximum Gasteiger partial charge on any atom is 0.304 e. The van der Waals surface area contributed by atoms with Gasteiger partial charge in [0.25, 0.3) is 0 Å². The molecule has 0 saturated heterocycles. The largest absolute Gasteiger partial charge is 0.444 e. The highest BCUT2D eigenvalue weighted by Crippen LogP contribution is 2.28. The molecule has 1 unspecified atom stereocenters. The van der Waals surface area contributed by atoms with E-state index in [0.717, 1.165) is 25.7 Å². The fourth-order valence-corrected chi connectivity index (χ4v) is 3.14. The van der Waals surface area contributed by atoms with Crippen molar-refractivity contribution < 1.29 is 9.53 Å². The van der Waals surface area contributed by atoms with E-state index in [1.165, 1.54) is 58.3 Å². The normalized spacial score (nSPS) is 14.1. The summed E-state index contributed by atoms with van der Waals surface area (Å²) in [5.41, 5.74) is -0.401. The lowest BCUT2D eigenvalue weighted by Gasteiger charge is -2.39. The van der Waals surface area contributed by atoms with Crippen molar-refractivity contribution in [3.63, 3.8) is 0 Å². The van der Waals surface area contributed by atoms with E-state index in [4.69, 9.17) is 4.74 Å². The third-order valence-corrected chi connectivity index (χ3v) is 4.46. The molecule has 0 heterocycles. The van der Waals surface area contributed by atoms with Crippen LogP contribution in [0.1, 0.15) is 97.8 Å². The van der Waals surface area contributed by atoms with Crippen LogP contribution in [0.5, 0.6) is 0 Å². The van der Waals surface area contributed by atoms with Crippen molar-refractivity contribution in [3.8, 4) is 0 Å². The number of carbonyl (C=O) groups excluding carboxylic acids is 1. The molecule has 3 nitrogen and oxygen atoms in total. The molecular formula is C19H39NO2. The van der Waals surface area contributed by atoms with Gasteiger partial charge in [0.05, 0.1) is 0 Å². The molecule has 0 bridgehead atoms. The van der Waals surface area contributed by atoms with Crippen molar-refractivity contribution in [2.45, 2.75) is 104 Å². The van der Waals surface area contributed by atoms with Crippen LogP contribution in [0, 0.1) is 0 Å². The molecule has 22 heavy (non-hydrogen) atoms. The number of esters is 1. The Balaban J connectivity index is 4.00. The smallest absolute Gasteiger partial charge is 0.304 e. The number of ether oxygens (including phenoxy) is 1. The minimum absolute atomic E-state index is 0.168. The number of hydrogen-bond donors (Lipinski definition) is 0. The van der Waals surface area contributed by atoms with Crippen molar-refractivity contribution in [3.05, 3.63) is 0 Å². The predicted octanol–water partition coefficient (Wildman–Crippen LogP) is 5.53. The summed E-state index contributed by atoms with van der Waals surface area (Å²) < 4.78 is 5.70. The molecule has 1 atom stereocenters. The van der Waals surface area contributed by atoms with Gasteiger partial charge in [-0.1, -0.05) is 71.6 Å². The van der Waals surface area contributed by atoms with Crippen LogP contribution < -0.4 is 0 Å².